The highest BCUT2D eigenvalue weighted by molar-refractivity contribution is 4.97. The van der Waals surface area contributed by atoms with Gasteiger partial charge < -0.3 is 10.2 Å². The maximum atomic E-state index is 8.73. The number of aromatic nitrogens is 2. The van der Waals surface area contributed by atoms with Gasteiger partial charge in [0.15, 0.2) is 5.69 Å². The Morgan fingerprint density at radius 2 is 2.15 bits per heavy atom. The topological polar surface area (TPSA) is 57.2 Å². The molecule has 72 valence electrons. The Bertz CT molecular complexity index is 276. The summed E-state index contributed by atoms with van der Waals surface area (Å²) < 4.78 is 1.88. The van der Waals surface area contributed by atoms with Crippen LogP contribution in [0.15, 0.2) is 12.3 Å². The molecule has 4 nitrogen and oxygen atoms in total. The van der Waals surface area contributed by atoms with Crippen molar-refractivity contribution in [3.05, 3.63) is 23.8 Å². The van der Waals surface area contributed by atoms with Crippen LogP contribution in [-0.2, 0) is 13.0 Å². The summed E-state index contributed by atoms with van der Waals surface area (Å²) in [6, 6.07) is 1.86. The minimum absolute atomic E-state index is 0.118. The molecule has 0 aliphatic carbocycles. The van der Waals surface area contributed by atoms with Gasteiger partial charge in [-0.05, 0) is 0 Å². The first kappa shape index (κ1) is 10.1. The maximum absolute atomic E-state index is 8.73. The molecular formula is C9H15N2O2+. The number of hydrogen-bond acceptors (Lipinski definition) is 3. The second-order valence-corrected chi connectivity index (χ2v) is 2.86. The van der Waals surface area contributed by atoms with Crippen LogP contribution < -0.4 is 4.57 Å². The van der Waals surface area contributed by atoms with Gasteiger partial charge in [0.1, 0.15) is 6.54 Å². The SMILES string of the molecule is Cc1nc(CCO)cc[n+]1CCO. The van der Waals surface area contributed by atoms with Gasteiger partial charge in [0.2, 0.25) is 0 Å². The third-order valence-electron chi connectivity index (χ3n) is 1.88. The quantitative estimate of drug-likeness (QED) is 0.601. The van der Waals surface area contributed by atoms with Gasteiger partial charge >= 0.3 is 0 Å². The fourth-order valence-corrected chi connectivity index (χ4v) is 1.19. The lowest BCUT2D eigenvalue weighted by molar-refractivity contribution is -0.707. The van der Waals surface area contributed by atoms with Crippen LogP contribution in [-0.4, -0.2) is 28.4 Å². The Kier molecular flexibility index (Phi) is 3.79. The molecule has 1 rings (SSSR count). The maximum Gasteiger partial charge on any atom is 0.295 e. The van der Waals surface area contributed by atoms with Gasteiger partial charge in [-0.15, -0.1) is 0 Å². The molecule has 0 amide bonds. The lowest BCUT2D eigenvalue weighted by Crippen LogP contribution is -2.39. The number of aliphatic hydroxyl groups is 2. The average molecular weight is 183 g/mol. The van der Waals surface area contributed by atoms with Crippen molar-refractivity contribution in [2.45, 2.75) is 19.9 Å². The van der Waals surface area contributed by atoms with Crippen molar-refractivity contribution in [2.24, 2.45) is 0 Å². The molecular weight excluding hydrogens is 168 g/mol. The molecule has 0 saturated heterocycles. The largest absolute Gasteiger partial charge is 0.396 e. The zero-order valence-corrected chi connectivity index (χ0v) is 7.77. The highest BCUT2D eigenvalue weighted by Gasteiger charge is 2.08. The predicted octanol–water partition coefficient (Wildman–Crippen LogP) is -0.795. The van der Waals surface area contributed by atoms with E-state index in [-0.39, 0.29) is 13.2 Å². The van der Waals surface area contributed by atoms with Crippen LogP contribution in [0.25, 0.3) is 0 Å². The fourth-order valence-electron chi connectivity index (χ4n) is 1.19. The molecule has 0 fully saturated rings. The van der Waals surface area contributed by atoms with Crippen LogP contribution >= 0.6 is 0 Å². The van der Waals surface area contributed by atoms with E-state index >= 15 is 0 Å². The second-order valence-electron chi connectivity index (χ2n) is 2.86. The molecule has 2 N–H and O–H groups in total. The van der Waals surface area contributed by atoms with Gasteiger partial charge in [-0.1, -0.05) is 4.98 Å². The minimum atomic E-state index is 0.118. The Morgan fingerprint density at radius 1 is 1.38 bits per heavy atom. The summed E-state index contributed by atoms with van der Waals surface area (Å²) in [4.78, 5) is 4.27. The summed E-state index contributed by atoms with van der Waals surface area (Å²) in [6.07, 6.45) is 2.46. The molecule has 0 aliphatic rings. The van der Waals surface area contributed by atoms with Gasteiger partial charge in [-0.25, -0.2) is 4.57 Å². The number of aryl methyl sites for hydroxylation is 1. The lowest BCUT2D eigenvalue weighted by atomic mass is 10.3. The van der Waals surface area contributed by atoms with Gasteiger partial charge in [0.25, 0.3) is 5.82 Å². The van der Waals surface area contributed by atoms with E-state index in [9.17, 15) is 0 Å². The van der Waals surface area contributed by atoms with Gasteiger partial charge in [-0.3, -0.25) is 0 Å². The third-order valence-corrected chi connectivity index (χ3v) is 1.88. The summed E-state index contributed by atoms with van der Waals surface area (Å²) in [6.45, 7) is 2.69. The van der Waals surface area contributed by atoms with Crippen molar-refractivity contribution in [1.82, 2.24) is 4.98 Å². The lowest BCUT2D eigenvalue weighted by Gasteiger charge is -1.99. The molecule has 1 aromatic rings. The van der Waals surface area contributed by atoms with Crippen LogP contribution in [0.1, 0.15) is 11.5 Å². The van der Waals surface area contributed by atoms with Crippen LogP contribution in [0, 0.1) is 6.92 Å². The van der Waals surface area contributed by atoms with Crippen molar-refractivity contribution in [1.29, 1.82) is 0 Å². The summed E-state index contributed by atoms with van der Waals surface area (Å²) in [5.41, 5.74) is 0.884. The van der Waals surface area contributed by atoms with E-state index in [0.29, 0.717) is 13.0 Å². The van der Waals surface area contributed by atoms with Crippen LogP contribution in [0.4, 0.5) is 0 Å². The zero-order chi connectivity index (χ0) is 9.68. The molecule has 0 radical (unpaired) electrons. The normalized spacial score (nSPS) is 10.4. The van der Waals surface area contributed by atoms with Crippen molar-refractivity contribution >= 4 is 0 Å². The molecule has 0 unspecified atom stereocenters. The van der Waals surface area contributed by atoms with E-state index in [1.54, 1.807) is 0 Å². The highest BCUT2D eigenvalue weighted by atomic mass is 16.3. The third kappa shape index (κ3) is 2.75. The monoisotopic (exact) mass is 183 g/mol. The van der Waals surface area contributed by atoms with E-state index in [0.717, 1.165) is 11.5 Å². The van der Waals surface area contributed by atoms with Gasteiger partial charge in [-0.2, -0.15) is 0 Å². The van der Waals surface area contributed by atoms with Crippen LogP contribution in [0.3, 0.4) is 0 Å². The van der Waals surface area contributed by atoms with Gasteiger partial charge in [0.05, 0.1) is 19.4 Å². The Hall–Kier alpha value is -1.00. The summed E-state index contributed by atoms with van der Waals surface area (Å²) >= 11 is 0. The summed E-state index contributed by atoms with van der Waals surface area (Å²) in [5.74, 6) is 0.861. The molecule has 1 aromatic heterocycles. The number of hydrogen-bond donors (Lipinski definition) is 2. The molecule has 0 spiro atoms. The fraction of sp³-hybridized carbons (Fsp3) is 0.556. The molecule has 0 bridgehead atoms. The summed E-state index contributed by atoms with van der Waals surface area (Å²) in [7, 11) is 0. The van der Waals surface area contributed by atoms with E-state index in [1.807, 2.05) is 23.8 Å². The first-order chi connectivity index (χ1) is 6.27. The second kappa shape index (κ2) is 4.89. The van der Waals surface area contributed by atoms with Crippen molar-refractivity contribution in [2.75, 3.05) is 13.2 Å². The number of nitrogens with zero attached hydrogens (tertiary/aromatic N) is 2. The van der Waals surface area contributed by atoms with Gasteiger partial charge in [0, 0.05) is 19.4 Å². The van der Waals surface area contributed by atoms with Crippen LogP contribution in [0.5, 0.6) is 0 Å². The Labute approximate surface area is 77.5 Å². The van der Waals surface area contributed by atoms with Crippen molar-refractivity contribution in [3.63, 3.8) is 0 Å². The average Bonchev–Trinajstić information content (AvgIpc) is 2.10. The molecule has 13 heavy (non-hydrogen) atoms. The minimum Gasteiger partial charge on any atom is -0.396 e. The first-order valence-electron chi connectivity index (χ1n) is 4.35. The molecule has 1 heterocycles. The highest BCUT2D eigenvalue weighted by Crippen LogP contribution is 1.93. The standard InChI is InChI=1S/C9H15N2O2/c1-8-10-9(3-6-12)2-4-11(8)5-7-13/h2,4,12-13H,3,5-7H2,1H3/q+1. The van der Waals surface area contributed by atoms with E-state index < -0.39 is 0 Å². The zero-order valence-electron chi connectivity index (χ0n) is 7.77. The van der Waals surface area contributed by atoms with E-state index in [2.05, 4.69) is 4.98 Å². The molecule has 0 aromatic carbocycles. The first-order valence-corrected chi connectivity index (χ1v) is 4.35. The Balaban J connectivity index is 2.79. The molecule has 0 atom stereocenters. The molecule has 0 aliphatic heterocycles. The summed E-state index contributed by atoms with van der Waals surface area (Å²) in [5, 5.41) is 17.4. The number of rotatable bonds is 4. The number of aliphatic hydroxyl groups excluding tert-OH is 2. The van der Waals surface area contributed by atoms with Crippen molar-refractivity contribution in [3.8, 4) is 0 Å². The Morgan fingerprint density at radius 3 is 2.69 bits per heavy atom. The predicted molar refractivity (Wildman–Crippen MR) is 47.0 cm³/mol. The molecule has 4 heteroatoms. The van der Waals surface area contributed by atoms with E-state index in [4.69, 9.17) is 10.2 Å². The van der Waals surface area contributed by atoms with Crippen LogP contribution in [0.2, 0.25) is 0 Å². The van der Waals surface area contributed by atoms with Crippen molar-refractivity contribution < 1.29 is 14.8 Å². The van der Waals surface area contributed by atoms with E-state index in [1.165, 1.54) is 0 Å². The molecule has 0 saturated carbocycles. The smallest absolute Gasteiger partial charge is 0.295 e.